The molecule has 0 spiro atoms. The molecular formula is C20H18O4S. The van der Waals surface area contributed by atoms with Crippen molar-refractivity contribution in [3.8, 4) is 22.3 Å². The van der Waals surface area contributed by atoms with E-state index in [-0.39, 0.29) is 4.90 Å². The molecule has 0 radical (unpaired) electrons. The van der Waals surface area contributed by atoms with E-state index in [9.17, 15) is 13.2 Å². The first-order chi connectivity index (χ1) is 11.9. The van der Waals surface area contributed by atoms with Crippen molar-refractivity contribution in [1.82, 2.24) is 0 Å². The SMILES string of the molecule is CCc1cc(-c2ccccc2)c(-c2ccc(S(C)(=O)=O)cc2)c(=O)o1. The largest absolute Gasteiger partial charge is 0.427 e. The van der Waals surface area contributed by atoms with Gasteiger partial charge in [0.05, 0.1) is 10.5 Å². The van der Waals surface area contributed by atoms with Gasteiger partial charge in [0.25, 0.3) is 0 Å². The molecular weight excluding hydrogens is 336 g/mol. The van der Waals surface area contributed by atoms with E-state index in [0.29, 0.717) is 23.3 Å². The Morgan fingerprint density at radius 1 is 0.920 bits per heavy atom. The molecule has 0 fully saturated rings. The van der Waals surface area contributed by atoms with Gasteiger partial charge in [-0.2, -0.15) is 0 Å². The van der Waals surface area contributed by atoms with Crippen molar-refractivity contribution in [2.24, 2.45) is 0 Å². The number of hydrogen-bond donors (Lipinski definition) is 0. The number of benzene rings is 2. The predicted octanol–water partition coefficient (Wildman–Crippen LogP) is 3.94. The topological polar surface area (TPSA) is 64.3 Å². The summed E-state index contributed by atoms with van der Waals surface area (Å²) in [6.45, 7) is 1.92. The van der Waals surface area contributed by atoms with Gasteiger partial charge >= 0.3 is 5.63 Å². The van der Waals surface area contributed by atoms with Gasteiger partial charge in [-0.3, -0.25) is 0 Å². The maximum absolute atomic E-state index is 12.6. The van der Waals surface area contributed by atoms with Crippen molar-refractivity contribution in [3.05, 3.63) is 76.8 Å². The standard InChI is InChI=1S/C20H18O4S/c1-3-16-13-18(14-7-5-4-6-8-14)19(20(21)24-16)15-9-11-17(12-10-15)25(2,22)23/h4-13H,3H2,1-2H3. The van der Waals surface area contributed by atoms with Gasteiger partial charge in [-0.05, 0) is 29.3 Å². The minimum atomic E-state index is -3.29. The minimum absolute atomic E-state index is 0.215. The summed E-state index contributed by atoms with van der Waals surface area (Å²) in [4.78, 5) is 12.8. The van der Waals surface area contributed by atoms with Crippen molar-refractivity contribution in [1.29, 1.82) is 0 Å². The highest BCUT2D eigenvalue weighted by atomic mass is 32.2. The lowest BCUT2D eigenvalue weighted by Gasteiger charge is -2.11. The van der Waals surface area contributed by atoms with Crippen LogP contribution >= 0.6 is 0 Å². The van der Waals surface area contributed by atoms with Crippen molar-refractivity contribution >= 4 is 9.84 Å². The van der Waals surface area contributed by atoms with Crippen LogP contribution < -0.4 is 5.63 Å². The smallest absolute Gasteiger partial charge is 0.344 e. The zero-order valence-electron chi connectivity index (χ0n) is 14.0. The van der Waals surface area contributed by atoms with E-state index in [0.717, 1.165) is 17.4 Å². The van der Waals surface area contributed by atoms with E-state index in [1.807, 2.05) is 43.3 Å². The molecule has 128 valence electrons. The first kappa shape index (κ1) is 17.2. The fraction of sp³-hybridized carbons (Fsp3) is 0.150. The molecule has 0 N–H and O–H groups in total. The summed E-state index contributed by atoms with van der Waals surface area (Å²) in [5, 5.41) is 0. The molecule has 0 aliphatic carbocycles. The molecule has 0 aliphatic rings. The Morgan fingerprint density at radius 2 is 1.56 bits per heavy atom. The summed E-state index contributed by atoms with van der Waals surface area (Å²) >= 11 is 0. The van der Waals surface area contributed by atoms with Crippen LogP contribution in [-0.4, -0.2) is 14.7 Å². The van der Waals surface area contributed by atoms with E-state index in [1.165, 1.54) is 12.1 Å². The second kappa shape index (κ2) is 6.69. The second-order valence-electron chi connectivity index (χ2n) is 5.80. The van der Waals surface area contributed by atoms with E-state index in [4.69, 9.17) is 4.42 Å². The number of aryl methyl sites for hydroxylation is 1. The van der Waals surface area contributed by atoms with Gasteiger partial charge in [0.15, 0.2) is 9.84 Å². The Labute approximate surface area is 146 Å². The highest BCUT2D eigenvalue weighted by Gasteiger charge is 2.16. The van der Waals surface area contributed by atoms with Gasteiger partial charge in [-0.15, -0.1) is 0 Å². The molecule has 1 aromatic heterocycles. The van der Waals surface area contributed by atoms with Gasteiger partial charge in [-0.1, -0.05) is 49.4 Å². The molecule has 3 aromatic rings. The third-order valence-electron chi connectivity index (χ3n) is 4.01. The number of hydrogen-bond acceptors (Lipinski definition) is 4. The highest BCUT2D eigenvalue weighted by molar-refractivity contribution is 7.90. The van der Waals surface area contributed by atoms with E-state index in [2.05, 4.69) is 0 Å². The van der Waals surface area contributed by atoms with Crippen LogP contribution in [0.15, 0.2) is 74.8 Å². The Balaban J connectivity index is 2.24. The summed E-state index contributed by atoms with van der Waals surface area (Å²) in [5.74, 6) is 0.611. The lowest BCUT2D eigenvalue weighted by atomic mass is 9.96. The molecule has 25 heavy (non-hydrogen) atoms. The lowest BCUT2D eigenvalue weighted by molar-refractivity contribution is 0.467. The Bertz CT molecular complexity index is 1050. The zero-order valence-corrected chi connectivity index (χ0v) is 14.8. The van der Waals surface area contributed by atoms with Crippen LogP contribution in [0.5, 0.6) is 0 Å². The van der Waals surface area contributed by atoms with Crippen molar-refractivity contribution in [3.63, 3.8) is 0 Å². The van der Waals surface area contributed by atoms with Gasteiger partial charge in [0.1, 0.15) is 5.76 Å². The molecule has 0 aliphatic heterocycles. The molecule has 0 saturated heterocycles. The molecule has 0 bridgehead atoms. The van der Waals surface area contributed by atoms with Gasteiger partial charge < -0.3 is 4.42 Å². The summed E-state index contributed by atoms with van der Waals surface area (Å²) in [5.41, 5.74) is 2.32. The quantitative estimate of drug-likeness (QED) is 0.712. The number of rotatable bonds is 4. The van der Waals surface area contributed by atoms with Gasteiger partial charge in [-0.25, -0.2) is 13.2 Å². The van der Waals surface area contributed by atoms with Crippen LogP contribution in [-0.2, 0) is 16.3 Å². The van der Waals surface area contributed by atoms with E-state index < -0.39 is 15.5 Å². The number of sulfone groups is 1. The maximum Gasteiger partial charge on any atom is 0.344 e. The first-order valence-electron chi connectivity index (χ1n) is 7.93. The fourth-order valence-electron chi connectivity index (χ4n) is 2.70. The van der Waals surface area contributed by atoms with Crippen LogP contribution in [0.3, 0.4) is 0 Å². The summed E-state index contributed by atoms with van der Waals surface area (Å²) in [6.07, 6.45) is 1.77. The van der Waals surface area contributed by atoms with Crippen molar-refractivity contribution < 1.29 is 12.8 Å². The average Bonchev–Trinajstić information content (AvgIpc) is 2.61. The van der Waals surface area contributed by atoms with E-state index >= 15 is 0 Å². The van der Waals surface area contributed by atoms with Crippen LogP contribution in [0.2, 0.25) is 0 Å². The van der Waals surface area contributed by atoms with Gasteiger partial charge in [0, 0.05) is 18.2 Å². The maximum atomic E-state index is 12.6. The minimum Gasteiger partial charge on any atom is -0.427 e. The lowest BCUT2D eigenvalue weighted by Crippen LogP contribution is -2.07. The molecule has 0 unspecified atom stereocenters. The third-order valence-corrected chi connectivity index (χ3v) is 5.14. The molecule has 5 heteroatoms. The molecule has 2 aromatic carbocycles. The third kappa shape index (κ3) is 3.56. The highest BCUT2D eigenvalue weighted by Crippen LogP contribution is 2.31. The summed E-state index contributed by atoms with van der Waals surface area (Å²) in [7, 11) is -3.29. The van der Waals surface area contributed by atoms with Crippen molar-refractivity contribution in [2.75, 3.05) is 6.26 Å². The Kier molecular flexibility index (Phi) is 4.59. The van der Waals surface area contributed by atoms with Crippen LogP contribution in [0.4, 0.5) is 0 Å². The van der Waals surface area contributed by atoms with Crippen molar-refractivity contribution in [2.45, 2.75) is 18.2 Å². The Morgan fingerprint density at radius 3 is 2.12 bits per heavy atom. The fourth-order valence-corrected chi connectivity index (χ4v) is 3.33. The average molecular weight is 354 g/mol. The van der Waals surface area contributed by atoms with E-state index in [1.54, 1.807) is 12.1 Å². The molecule has 4 nitrogen and oxygen atoms in total. The second-order valence-corrected chi connectivity index (χ2v) is 7.82. The molecule has 0 atom stereocenters. The molecule has 0 saturated carbocycles. The van der Waals surface area contributed by atoms with Gasteiger partial charge in [0.2, 0.25) is 0 Å². The molecule has 3 rings (SSSR count). The summed E-state index contributed by atoms with van der Waals surface area (Å²) < 4.78 is 28.7. The van der Waals surface area contributed by atoms with Crippen LogP contribution in [0.25, 0.3) is 22.3 Å². The Hall–Kier alpha value is -2.66. The predicted molar refractivity (Wildman–Crippen MR) is 98.3 cm³/mol. The van der Waals surface area contributed by atoms with Crippen LogP contribution in [0, 0.1) is 0 Å². The summed E-state index contributed by atoms with van der Waals surface area (Å²) in [6, 6.07) is 17.8. The molecule has 1 heterocycles. The monoisotopic (exact) mass is 354 g/mol. The molecule has 0 amide bonds. The zero-order chi connectivity index (χ0) is 18.0. The normalized spacial score (nSPS) is 11.4. The van der Waals surface area contributed by atoms with Crippen LogP contribution in [0.1, 0.15) is 12.7 Å². The first-order valence-corrected chi connectivity index (χ1v) is 9.82.